The lowest BCUT2D eigenvalue weighted by Crippen LogP contribution is -2.41. The van der Waals surface area contributed by atoms with Gasteiger partial charge in [-0.05, 0) is 62.0 Å². The number of amides is 1. The van der Waals surface area contributed by atoms with E-state index in [1.165, 1.54) is 20.2 Å². The number of hydrogen-bond donors (Lipinski definition) is 0. The van der Waals surface area contributed by atoms with Crippen molar-refractivity contribution in [2.45, 2.75) is 30.2 Å². The van der Waals surface area contributed by atoms with Crippen molar-refractivity contribution in [1.82, 2.24) is 14.8 Å². The molecule has 0 saturated carbocycles. The van der Waals surface area contributed by atoms with E-state index in [1.807, 2.05) is 29.4 Å². The quantitative estimate of drug-likeness (QED) is 0.529. The van der Waals surface area contributed by atoms with Gasteiger partial charge >= 0.3 is 0 Å². The molecule has 29 heavy (non-hydrogen) atoms. The van der Waals surface area contributed by atoms with Gasteiger partial charge in [-0.1, -0.05) is 24.3 Å². The van der Waals surface area contributed by atoms with Gasteiger partial charge in [0.2, 0.25) is 5.91 Å². The van der Waals surface area contributed by atoms with Crippen LogP contribution >= 0.6 is 23.1 Å². The average molecular weight is 426 g/mol. The Morgan fingerprint density at radius 2 is 1.90 bits per heavy atom. The molecule has 0 atom stereocenters. The Morgan fingerprint density at radius 3 is 2.59 bits per heavy atom. The van der Waals surface area contributed by atoms with Gasteiger partial charge in [-0.15, -0.1) is 23.1 Å². The smallest absolute Gasteiger partial charge is 0.236 e. The molecule has 0 radical (unpaired) electrons. The Labute approximate surface area is 180 Å². The largest absolute Gasteiger partial charge is 0.340 e. The first-order valence-electron chi connectivity index (χ1n) is 10.1. The summed E-state index contributed by atoms with van der Waals surface area (Å²) in [5, 5.41) is 1.25. The zero-order chi connectivity index (χ0) is 20.2. The summed E-state index contributed by atoms with van der Waals surface area (Å²) >= 11 is 3.56. The number of para-hydroxylation sites is 1. The second-order valence-electron chi connectivity index (χ2n) is 7.67. The van der Waals surface area contributed by atoms with E-state index in [2.05, 4.69) is 53.6 Å². The zero-order valence-corrected chi connectivity index (χ0v) is 18.6. The molecular formula is C23H27N3OS2. The Morgan fingerprint density at radius 1 is 1.17 bits per heavy atom. The molecule has 0 N–H and O–H groups in total. The number of rotatable bonds is 6. The van der Waals surface area contributed by atoms with Gasteiger partial charge in [0.25, 0.3) is 0 Å². The molecule has 0 aliphatic carbocycles. The molecule has 4 nitrogen and oxygen atoms in total. The van der Waals surface area contributed by atoms with Crippen LogP contribution in [0.4, 0.5) is 0 Å². The predicted molar refractivity (Wildman–Crippen MR) is 123 cm³/mol. The highest BCUT2D eigenvalue weighted by molar-refractivity contribution is 7.98. The zero-order valence-electron chi connectivity index (χ0n) is 17.0. The van der Waals surface area contributed by atoms with Crippen LogP contribution in [-0.4, -0.2) is 53.6 Å². The van der Waals surface area contributed by atoms with E-state index >= 15 is 0 Å². The third-order valence-electron chi connectivity index (χ3n) is 5.61. The molecule has 1 fully saturated rings. The Hall–Kier alpha value is -1.89. The number of benzene rings is 2. The highest BCUT2D eigenvalue weighted by atomic mass is 32.2. The summed E-state index contributed by atoms with van der Waals surface area (Å²) in [5.41, 5.74) is 2.28. The molecule has 1 aliphatic rings. The van der Waals surface area contributed by atoms with Gasteiger partial charge in [0.15, 0.2) is 0 Å². The minimum Gasteiger partial charge on any atom is -0.340 e. The normalized spacial score (nSPS) is 15.7. The molecule has 1 aromatic heterocycles. The van der Waals surface area contributed by atoms with Gasteiger partial charge in [-0.3, -0.25) is 9.69 Å². The Balaban J connectivity index is 1.27. The summed E-state index contributed by atoms with van der Waals surface area (Å²) in [5.74, 6) is 0.712. The van der Waals surface area contributed by atoms with Gasteiger partial charge in [0, 0.05) is 24.4 Å². The Kier molecular flexibility index (Phi) is 6.53. The number of aromatic nitrogens is 1. The van der Waals surface area contributed by atoms with Crippen LogP contribution in [0.5, 0.6) is 0 Å². The molecule has 0 unspecified atom stereocenters. The lowest BCUT2D eigenvalue weighted by atomic mass is 9.97. The molecule has 6 heteroatoms. The number of nitrogens with zero attached hydrogens (tertiary/aromatic N) is 3. The number of likely N-dealkylation sites (N-methyl/N-ethyl adjacent to an activating group) is 1. The van der Waals surface area contributed by atoms with Crippen molar-refractivity contribution in [2.24, 2.45) is 0 Å². The number of fused-ring (bicyclic) bond motifs is 1. The molecule has 2 aromatic carbocycles. The van der Waals surface area contributed by atoms with Gasteiger partial charge < -0.3 is 4.90 Å². The number of carbonyl (C=O) groups is 1. The lowest BCUT2D eigenvalue weighted by molar-refractivity contribution is -0.131. The van der Waals surface area contributed by atoms with Crippen LogP contribution in [0.15, 0.2) is 53.4 Å². The maximum atomic E-state index is 12.7. The van der Waals surface area contributed by atoms with Crippen LogP contribution in [0.3, 0.4) is 0 Å². The summed E-state index contributed by atoms with van der Waals surface area (Å²) in [7, 11) is 1.90. The van der Waals surface area contributed by atoms with Gasteiger partial charge in [0.05, 0.1) is 21.8 Å². The average Bonchev–Trinajstić information content (AvgIpc) is 3.19. The molecule has 2 heterocycles. The van der Waals surface area contributed by atoms with Crippen LogP contribution in [-0.2, 0) is 11.3 Å². The number of thioether (sulfide) groups is 1. The van der Waals surface area contributed by atoms with Crippen molar-refractivity contribution in [1.29, 1.82) is 0 Å². The van der Waals surface area contributed by atoms with Crippen LogP contribution < -0.4 is 0 Å². The lowest BCUT2D eigenvalue weighted by Gasteiger charge is -2.31. The first-order valence-corrected chi connectivity index (χ1v) is 12.1. The molecule has 152 valence electrons. The number of likely N-dealkylation sites (tertiary alicyclic amines) is 1. The van der Waals surface area contributed by atoms with Gasteiger partial charge in [-0.25, -0.2) is 4.98 Å². The van der Waals surface area contributed by atoms with Crippen molar-refractivity contribution in [3.05, 3.63) is 59.1 Å². The molecule has 0 spiro atoms. The third-order valence-corrected chi connectivity index (χ3v) is 7.55. The maximum Gasteiger partial charge on any atom is 0.236 e. The van der Waals surface area contributed by atoms with E-state index in [-0.39, 0.29) is 5.91 Å². The topological polar surface area (TPSA) is 36.4 Å². The summed E-state index contributed by atoms with van der Waals surface area (Å²) in [6.45, 7) is 3.09. The molecule has 1 aliphatic heterocycles. The number of hydrogen-bond acceptors (Lipinski definition) is 5. The number of thiazole rings is 1. The summed E-state index contributed by atoms with van der Waals surface area (Å²) in [6, 6.07) is 16.8. The third kappa shape index (κ3) is 5.00. The van der Waals surface area contributed by atoms with Crippen LogP contribution in [0.2, 0.25) is 0 Å². The number of piperidine rings is 1. The predicted octanol–water partition coefficient (Wildman–Crippen LogP) is 4.86. The monoisotopic (exact) mass is 425 g/mol. The molecule has 4 rings (SSSR count). The van der Waals surface area contributed by atoms with Crippen molar-refractivity contribution >= 4 is 39.2 Å². The van der Waals surface area contributed by atoms with Crippen molar-refractivity contribution in [3.8, 4) is 0 Å². The maximum absolute atomic E-state index is 12.7. The van der Waals surface area contributed by atoms with E-state index in [1.54, 1.807) is 11.8 Å². The first-order chi connectivity index (χ1) is 14.1. The minimum absolute atomic E-state index is 0.192. The molecule has 1 saturated heterocycles. The van der Waals surface area contributed by atoms with Crippen LogP contribution in [0.25, 0.3) is 10.2 Å². The fourth-order valence-electron chi connectivity index (χ4n) is 3.81. The van der Waals surface area contributed by atoms with Crippen molar-refractivity contribution < 1.29 is 4.79 Å². The highest BCUT2D eigenvalue weighted by Gasteiger charge is 2.25. The van der Waals surface area contributed by atoms with E-state index in [0.717, 1.165) is 31.4 Å². The summed E-state index contributed by atoms with van der Waals surface area (Å²) in [4.78, 5) is 22.9. The SMILES string of the molecule is CSc1ccc(CN(C)C(=O)CN2CCC(c3nc4ccccc4s3)CC2)cc1. The second kappa shape index (κ2) is 9.28. The van der Waals surface area contributed by atoms with E-state index in [4.69, 9.17) is 4.98 Å². The highest BCUT2D eigenvalue weighted by Crippen LogP contribution is 2.33. The van der Waals surface area contributed by atoms with Crippen LogP contribution in [0, 0.1) is 0 Å². The standard InChI is InChI=1S/C23H27N3OS2/c1-25(15-17-7-9-19(28-2)10-8-17)22(27)16-26-13-11-18(12-14-26)23-24-20-5-3-4-6-21(20)29-23/h3-10,18H,11-16H2,1-2H3. The summed E-state index contributed by atoms with van der Waals surface area (Å²) < 4.78 is 1.27. The molecule has 3 aromatic rings. The van der Waals surface area contributed by atoms with Crippen molar-refractivity contribution in [2.75, 3.05) is 32.9 Å². The van der Waals surface area contributed by atoms with Gasteiger partial charge in [-0.2, -0.15) is 0 Å². The fraction of sp³-hybridized carbons (Fsp3) is 0.391. The Bertz CT molecular complexity index is 929. The van der Waals surface area contributed by atoms with E-state index in [0.29, 0.717) is 19.0 Å². The van der Waals surface area contributed by atoms with E-state index < -0.39 is 0 Å². The number of carbonyl (C=O) groups excluding carboxylic acids is 1. The van der Waals surface area contributed by atoms with E-state index in [9.17, 15) is 4.79 Å². The van der Waals surface area contributed by atoms with Crippen LogP contribution in [0.1, 0.15) is 29.3 Å². The molecule has 1 amide bonds. The second-order valence-corrected chi connectivity index (χ2v) is 9.61. The van der Waals surface area contributed by atoms with Crippen molar-refractivity contribution in [3.63, 3.8) is 0 Å². The minimum atomic E-state index is 0.192. The molecule has 0 bridgehead atoms. The molecular weight excluding hydrogens is 398 g/mol. The van der Waals surface area contributed by atoms with Gasteiger partial charge in [0.1, 0.15) is 0 Å². The first kappa shape index (κ1) is 20.4. The fourth-order valence-corrected chi connectivity index (χ4v) is 5.35. The summed E-state index contributed by atoms with van der Waals surface area (Å²) in [6.07, 6.45) is 4.23.